The summed E-state index contributed by atoms with van der Waals surface area (Å²) in [6.07, 6.45) is -1.94. The molecule has 0 aliphatic heterocycles. The van der Waals surface area contributed by atoms with Crippen molar-refractivity contribution in [2.45, 2.75) is 38.8 Å². The van der Waals surface area contributed by atoms with Crippen molar-refractivity contribution in [3.8, 4) is 0 Å². The summed E-state index contributed by atoms with van der Waals surface area (Å²) < 4.78 is 39.7. The maximum atomic E-state index is 11.9. The molecule has 18 heavy (non-hydrogen) atoms. The number of aliphatic hydroxyl groups is 1. The van der Waals surface area contributed by atoms with Gasteiger partial charge in [0.15, 0.2) is 6.61 Å². The smallest absolute Gasteiger partial charge is 0.422 e. The van der Waals surface area contributed by atoms with Crippen LogP contribution in [0.2, 0.25) is 0 Å². The Morgan fingerprint density at radius 3 is 2.39 bits per heavy atom. The molecule has 4 nitrogen and oxygen atoms in total. The van der Waals surface area contributed by atoms with Crippen LogP contribution in [0.1, 0.15) is 32.6 Å². The molecule has 0 aromatic carbocycles. The second-order valence-corrected chi connectivity index (χ2v) is 3.94. The number of carbonyl (C=O) groups is 1. The third-order valence-electron chi connectivity index (χ3n) is 2.27. The zero-order valence-electron chi connectivity index (χ0n) is 10.5. The van der Waals surface area contributed by atoms with Gasteiger partial charge in [0.25, 0.3) is 0 Å². The van der Waals surface area contributed by atoms with E-state index in [1.54, 1.807) is 0 Å². The lowest BCUT2D eigenvalue weighted by atomic mass is 10.2. The molecule has 0 rings (SSSR count). The molecule has 0 saturated heterocycles. The monoisotopic (exact) mass is 271 g/mol. The fourth-order valence-electron chi connectivity index (χ4n) is 1.38. The van der Waals surface area contributed by atoms with Crippen molar-refractivity contribution in [1.82, 2.24) is 4.90 Å². The van der Waals surface area contributed by atoms with E-state index in [2.05, 4.69) is 4.74 Å². The Bertz CT molecular complexity index is 234. The van der Waals surface area contributed by atoms with E-state index in [1.165, 1.54) is 0 Å². The molecule has 0 heterocycles. The lowest BCUT2D eigenvalue weighted by Gasteiger charge is -2.21. The van der Waals surface area contributed by atoms with E-state index in [0.29, 0.717) is 13.0 Å². The van der Waals surface area contributed by atoms with Crippen molar-refractivity contribution < 1.29 is 27.8 Å². The molecule has 0 atom stereocenters. The highest BCUT2D eigenvalue weighted by Gasteiger charge is 2.30. The van der Waals surface area contributed by atoms with Gasteiger partial charge in [-0.3, -0.25) is 0 Å². The summed E-state index contributed by atoms with van der Waals surface area (Å²) in [6, 6.07) is 0. The average molecular weight is 271 g/mol. The van der Waals surface area contributed by atoms with Gasteiger partial charge >= 0.3 is 12.3 Å². The molecule has 0 spiro atoms. The molecule has 0 radical (unpaired) electrons. The minimum absolute atomic E-state index is 0.0111. The second kappa shape index (κ2) is 9.02. The molecule has 0 aromatic rings. The zero-order chi connectivity index (χ0) is 14.0. The maximum absolute atomic E-state index is 11.9. The van der Waals surface area contributed by atoms with Gasteiger partial charge in [0.05, 0.1) is 6.61 Å². The number of ether oxygens (including phenoxy) is 1. The number of amides is 1. The van der Waals surface area contributed by atoms with Crippen molar-refractivity contribution in [2.24, 2.45) is 0 Å². The van der Waals surface area contributed by atoms with Gasteiger partial charge in [-0.1, -0.05) is 26.2 Å². The van der Waals surface area contributed by atoms with Gasteiger partial charge in [-0.15, -0.1) is 0 Å². The van der Waals surface area contributed by atoms with E-state index in [4.69, 9.17) is 5.11 Å². The maximum Gasteiger partial charge on any atom is 0.422 e. The summed E-state index contributed by atoms with van der Waals surface area (Å²) in [4.78, 5) is 12.4. The van der Waals surface area contributed by atoms with Crippen LogP contribution in [0.5, 0.6) is 0 Å². The zero-order valence-corrected chi connectivity index (χ0v) is 10.5. The minimum Gasteiger partial charge on any atom is -0.440 e. The first kappa shape index (κ1) is 17.0. The summed E-state index contributed by atoms with van der Waals surface area (Å²) >= 11 is 0. The Morgan fingerprint density at radius 2 is 1.89 bits per heavy atom. The van der Waals surface area contributed by atoms with Gasteiger partial charge in [-0.25, -0.2) is 4.79 Å². The Hall–Kier alpha value is -0.980. The number of carbonyl (C=O) groups excluding carboxylic acids is 1. The van der Waals surface area contributed by atoms with Crippen molar-refractivity contribution >= 4 is 6.09 Å². The molecule has 0 fully saturated rings. The van der Waals surface area contributed by atoms with Gasteiger partial charge in [0.2, 0.25) is 0 Å². The number of unbranched alkanes of at least 4 members (excludes halogenated alkanes) is 3. The van der Waals surface area contributed by atoms with Gasteiger partial charge in [-0.2, -0.15) is 13.2 Å². The van der Waals surface area contributed by atoms with E-state index < -0.39 is 18.9 Å². The summed E-state index contributed by atoms with van der Waals surface area (Å²) in [5.41, 5.74) is 0. The van der Waals surface area contributed by atoms with Gasteiger partial charge in [-0.05, 0) is 6.42 Å². The molecule has 0 aromatic heterocycles. The van der Waals surface area contributed by atoms with Crippen LogP contribution in [-0.4, -0.2) is 48.6 Å². The summed E-state index contributed by atoms with van der Waals surface area (Å²) in [5, 5.41) is 8.74. The van der Waals surface area contributed by atoms with Crippen molar-refractivity contribution in [3.63, 3.8) is 0 Å². The Balaban J connectivity index is 4.02. The van der Waals surface area contributed by atoms with Crippen LogP contribution in [0.4, 0.5) is 18.0 Å². The second-order valence-electron chi connectivity index (χ2n) is 3.94. The Kier molecular flexibility index (Phi) is 8.53. The molecule has 0 aliphatic rings. The third kappa shape index (κ3) is 9.09. The predicted octanol–water partition coefficient (Wildman–Crippen LogP) is 2.56. The minimum atomic E-state index is -4.53. The van der Waals surface area contributed by atoms with Crippen LogP contribution in [-0.2, 0) is 4.74 Å². The van der Waals surface area contributed by atoms with Crippen molar-refractivity contribution in [3.05, 3.63) is 0 Å². The first-order valence-corrected chi connectivity index (χ1v) is 6.00. The van der Waals surface area contributed by atoms with E-state index >= 15 is 0 Å². The Morgan fingerprint density at radius 1 is 1.22 bits per heavy atom. The Labute approximate surface area is 105 Å². The molecule has 0 bridgehead atoms. The molecule has 108 valence electrons. The van der Waals surface area contributed by atoms with Crippen LogP contribution in [0.15, 0.2) is 0 Å². The number of halogens is 3. The van der Waals surface area contributed by atoms with E-state index in [1.807, 2.05) is 6.92 Å². The highest BCUT2D eigenvalue weighted by Crippen LogP contribution is 2.15. The summed E-state index contributed by atoms with van der Waals surface area (Å²) in [7, 11) is 0. The fourth-order valence-corrected chi connectivity index (χ4v) is 1.38. The number of hydrogen-bond acceptors (Lipinski definition) is 3. The highest BCUT2D eigenvalue weighted by atomic mass is 19.4. The van der Waals surface area contributed by atoms with Crippen LogP contribution in [0.3, 0.4) is 0 Å². The third-order valence-corrected chi connectivity index (χ3v) is 2.27. The molecule has 0 saturated carbocycles. The first-order valence-electron chi connectivity index (χ1n) is 6.00. The topological polar surface area (TPSA) is 49.8 Å². The van der Waals surface area contributed by atoms with Crippen LogP contribution >= 0.6 is 0 Å². The van der Waals surface area contributed by atoms with Gasteiger partial charge in [0, 0.05) is 13.1 Å². The first-order chi connectivity index (χ1) is 8.40. The normalized spacial score (nSPS) is 11.4. The largest absolute Gasteiger partial charge is 0.440 e. The molecule has 7 heteroatoms. The van der Waals surface area contributed by atoms with Crippen LogP contribution in [0, 0.1) is 0 Å². The number of aliphatic hydroxyl groups excluding tert-OH is 1. The van der Waals surface area contributed by atoms with Crippen molar-refractivity contribution in [2.75, 3.05) is 26.3 Å². The molecule has 0 aliphatic carbocycles. The quantitative estimate of drug-likeness (QED) is 0.690. The number of hydrogen-bond donors (Lipinski definition) is 1. The van der Waals surface area contributed by atoms with Crippen molar-refractivity contribution in [1.29, 1.82) is 0 Å². The standard InChI is InChI=1S/C11H20F3NO3/c1-2-3-4-5-6-15(7-8-16)10(17)18-9-11(12,13)14/h16H,2-9H2,1H3. The highest BCUT2D eigenvalue weighted by molar-refractivity contribution is 5.67. The molecule has 1 N–H and O–H groups in total. The molecule has 0 unspecified atom stereocenters. The van der Waals surface area contributed by atoms with E-state index in [-0.39, 0.29) is 13.2 Å². The lowest BCUT2D eigenvalue weighted by molar-refractivity contribution is -0.162. The molecular weight excluding hydrogens is 251 g/mol. The summed E-state index contributed by atoms with van der Waals surface area (Å²) in [6.45, 7) is 0.431. The van der Waals surface area contributed by atoms with E-state index in [0.717, 1.165) is 24.2 Å². The van der Waals surface area contributed by atoms with Crippen LogP contribution < -0.4 is 0 Å². The number of alkyl halides is 3. The predicted molar refractivity (Wildman–Crippen MR) is 60.2 cm³/mol. The van der Waals surface area contributed by atoms with Gasteiger partial charge < -0.3 is 14.7 Å². The fraction of sp³-hybridized carbons (Fsp3) is 0.909. The SMILES string of the molecule is CCCCCCN(CCO)C(=O)OCC(F)(F)F. The number of nitrogens with zero attached hydrogens (tertiary/aromatic N) is 1. The molecule has 1 amide bonds. The van der Waals surface area contributed by atoms with E-state index in [9.17, 15) is 18.0 Å². The van der Waals surface area contributed by atoms with Gasteiger partial charge in [0.1, 0.15) is 0 Å². The summed E-state index contributed by atoms with van der Waals surface area (Å²) in [5.74, 6) is 0. The lowest BCUT2D eigenvalue weighted by Crippen LogP contribution is -2.36. The van der Waals surface area contributed by atoms with Crippen LogP contribution in [0.25, 0.3) is 0 Å². The number of rotatable bonds is 8. The average Bonchev–Trinajstić information content (AvgIpc) is 2.29. The molecular formula is C11H20F3NO3.